The van der Waals surface area contributed by atoms with Crippen molar-refractivity contribution in [3.8, 4) is 0 Å². The molecular formula is C11H17ClN2O2S. The largest absolute Gasteiger partial charge is 0.243 e. The van der Waals surface area contributed by atoms with Crippen molar-refractivity contribution in [2.24, 2.45) is 0 Å². The van der Waals surface area contributed by atoms with Crippen LogP contribution in [0.25, 0.3) is 0 Å². The molecule has 4 nitrogen and oxygen atoms in total. The highest BCUT2D eigenvalue weighted by Crippen LogP contribution is 2.10. The number of aromatic nitrogens is 1. The van der Waals surface area contributed by atoms with Crippen molar-refractivity contribution < 1.29 is 8.42 Å². The maximum absolute atomic E-state index is 11.8. The number of hydrogen-bond acceptors (Lipinski definition) is 3. The molecule has 1 heterocycles. The molecule has 1 rings (SSSR count). The molecule has 0 saturated carbocycles. The van der Waals surface area contributed by atoms with Crippen molar-refractivity contribution in [2.75, 3.05) is 6.54 Å². The Bertz CT molecular complexity index is 431. The summed E-state index contributed by atoms with van der Waals surface area (Å²) in [5.74, 6) is 0. The lowest BCUT2D eigenvalue weighted by Crippen LogP contribution is -2.24. The third kappa shape index (κ3) is 5.02. The highest BCUT2D eigenvalue weighted by Gasteiger charge is 2.13. The summed E-state index contributed by atoms with van der Waals surface area (Å²) in [5, 5.41) is 0.284. The van der Waals surface area contributed by atoms with Crippen LogP contribution in [-0.2, 0) is 10.0 Å². The van der Waals surface area contributed by atoms with Gasteiger partial charge in [0.25, 0.3) is 0 Å². The molecule has 0 aliphatic rings. The molecule has 96 valence electrons. The molecule has 0 unspecified atom stereocenters. The standard InChI is InChI=1S/C11H17ClN2O2S/c1-2-3-4-5-8-14-17(15,16)10-6-7-11(12)13-9-10/h6-7,9,14H,2-5,8H2,1H3. The summed E-state index contributed by atoms with van der Waals surface area (Å²) in [5.41, 5.74) is 0. The fraction of sp³-hybridized carbons (Fsp3) is 0.545. The molecular weight excluding hydrogens is 260 g/mol. The van der Waals surface area contributed by atoms with Crippen LogP contribution < -0.4 is 4.72 Å². The second-order valence-corrected chi connectivity index (χ2v) is 5.93. The molecule has 6 heteroatoms. The molecule has 0 saturated heterocycles. The fourth-order valence-electron chi connectivity index (χ4n) is 1.36. The Hall–Kier alpha value is -0.650. The first kappa shape index (κ1) is 14.4. The number of rotatable bonds is 7. The molecule has 0 amide bonds. The number of sulfonamides is 1. The van der Waals surface area contributed by atoms with Crippen molar-refractivity contribution in [1.82, 2.24) is 9.71 Å². The molecule has 0 aromatic carbocycles. The van der Waals surface area contributed by atoms with Crippen molar-refractivity contribution in [2.45, 2.75) is 37.5 Å². The zero-order chi connectivity index (χ0) is 12.7. The minimum atomic E-state index is -3.44. The van der Waals surface area contributed by atoms with Gasteiger partial charge in [0, 0.05) is 12.7 Å². The van der Waals surface area contributed by atoms with Crippen LogP contribution in [0.2, 0.25) is 5.15 Å². The van der Waals surface area contributed by atoms with Gasteiger partial charge in [-0.05, 0) is 18.6 Å². The molecule has 0 fully saturated rings. The third-order valence-electron chi connectivity index (χ3n) is 2.33. The molecule has 0 aliphatic carbocycles. The van der Waals surface area contributed by atoms with E-state index < -0.39 is 10.0 Å². The lowest BCUT2D eigenvalue weighted by Gasteiger charge is -2.06. The predicted octanol–water partition coefficient (Wildman–Crippen LogP) is 2.59. The summed E-state index contributed by atoms with van der Waals surface area (Å²) in [7, 11) is -3.44. The van der Waals surface area contributed by atoms with Gasteiger partial charge in [-0.1, -0.05) is 37.8 Å². The Morgan fingerprint density at radius 3 is 2.65 bits per heavy atom. The third-order valence-corrected chi connectivity index (χ3v) is 4.00. The summed E-state index contributed by atoms with van der Waals surface area (Å²) in [4.78, 5) is 3.90. The van der Waals surface area contributed by atoms with Gasteiger partial charge in [0.2, 0.25) is 10.0 Å². The minimum Gasteiger partial charge on any atom is -0.243 e. The number of nitrogens with one attached hydrogen (secondary N) is 1. The first-order chi connectivity index (χ1) is 8.06. The summed E-state index contributed by atoms with van der Waals surface area (Å²) >= 11 is 5.60. The predicted molar refractivity (Wildman–Crippen MR) is 68.6 cm³/mol. The van der Waals surface area contributed by atoms with E-state index in [1.54, 1.807) is 0 Å². The van der Waals surface area contributed by atoms with E-state index in [2.05, 4.69) is 16.6 Å². The van der Waals surface area contributed by atoms with Gasteiger partial charge < -0.3 is 0 Å². The molecule has 0 radical (unpaired) electrons. The monoisotopic (exact) mass is 276 g/mol. The summed E-state index contributed by atoms with van der Waals surface area (Å²) in [6.07, 6.45) is 5.42. The van der Waals surface area contributed by atoms with Gasteiger partial charge >= 0.3 is 0 Å². The minimum absolute atomic E-state index is 0.150. The number of nitrogens with zero attached hydrogens (tertiary/aromatic N) is 1. The van der Waals surface area contributed by atoms with Crippen LogP contribution in [0.3, 0.4) is 0 Å². The molecule has 0 spiro atoms. The van der Waals surface area contributed by atoms with Crippen LogP contribution in [0, 0.1) is 0 Å². The quantitative estimate of drug-likeness (QED) is 0.615. The van der Waals surface area contributed by atoms with Crippen molar-refractivity contribution in [1.29, 1.82) is 0 Å². The molecule has 0 bridgehead atoms. The summed E-state index contributed by atoms with van der Waals surface area (Å²) in [6.45, 7) is 2.58. The van der Waals surface area contributed by atoms with E-state index in [0.29, 0.717) is 6.54 Å². The highest BCUT2D eigenvalue weighted by atomic mass is 35.5. The van der Waals surface area contributed by atoms with Gasteiger partial charge in [-0.2, -0.15) is 0 Å². The van der Waals surface area contributed by atoms with Crippen molar-refractivity contribution in [3.63, 3.8) is 0 Å². The zero-order valence-corrected chi connectivity index (χ0v) is 11.4. The van der Waals surface area contributed by atoms with Crippen LogP contribution >= 0.6 is 11.6 Å². The Kier molecular flexibility index (Phi) is 5.88. The van der Waals surface area contributed by atoms with E-state index in [4.69, 9.17) is 11.6 Å². The second-order valence-electron chi connectivity index (χ2n) is 3.78. The van der Waals surface area contributed by atoms with Gasteiger partial charge in [0.15, 0.2) is 0 Å². The number of hydrogen-bond donors (Lipinski definition) is 1. The van der Waals surface area contributed by atoms with E-state index in [1.807, 2.05) is 0 Å². The van der Waals surface area contributed by atoms with E-state index >= 15 is 0 Å². The van der Waals surface area contributed by atoms with E-state index in [-0.39, 0.29) is 10.0 Å². The van der Waals surface area contributed by atoms with Crippen LogP contribution in [0.4, 0.5) is 0 Å². The lowest BCUT2D eigenvalue weighted by molar-refractivity contribution is 0.573. The van der Waals surface area contributed by atoms with Gasteiger partial charge in [-0.25, -0.2) is 18.1 Å². The summed E-state index contributed by atoms with van der Waals surface area (Å²) < 4.78 is 26.1. The van der Waals surface area contributed by atoms with Gasteiger partial charge in [0.05, 0.1) is 0 Å². The number of halogens is 1. The first-order valence-corrected chi connectivity index (χ1v) is 7.53. The van der Waals surface area contributed by atoms with Gasteiger partial charge in [-0.3, -0.25) is 0 Å². The topological polar surface area (TPSA) is 59.1 Å². The Balaban J connectivity index is 2.48. The summed E-state index contributed by atoms with van der Waals surface area (Å²) in [6, 6.07) is 2.91. The Labute approximate surface area is 107 Å². The molecule has 1 N–H and O–H groups in total. The smallest absolute Gasteiger partial charge is 0.242 e. The zero-order valence-electron chi connectivity index (χ0n) is 9.82. The van der Waals surface area contributed by atoms with Gasteiger partial charge in [0.1, 0.15) is 10.0 Å². The number of unbranched alkanes of at least 4 members (excludes halogenated alkanes) is 3. The second kappa shape index (κ2) is 6.93. The van der Waals surface area contributed by atoms with E-state index in [9.17, 15) is 8.42 Å². The van der Waals surface area contributed by atoms with Crippen LogP contribution in [0.5, 0.6) is 0 Å². The van der Waals surface area contributed by atoms with Crippen molar-refractivity contribution in [3.05, 3.63) is 23.5 Å². The van der Waals surface area contributed by atoms with Crippen LogP contribution in [0.15, 0.2) is 23.2 Å². The molecule has 1 aromatic rings. The van der Waals surface area contributed by atoms with E-state index in [1.165, 1.54) is 18.3 Å². The Morgan fingerprint density at radius 2 is 2.06 bits per heavy atom. The average molecular weight is 277 g/mol. The lowest BCUT2D eigenvalue weighted by atomic mass is 10.2. The first-order valence-electron chi connectivity index (χ1n) is 5.67. The normalized spacial score (nSPS) is 11.6. The Morgan fingerprint density at radius 1 is 1.29 bits per heavy atom. The number of pyridine rings is 1. The molecule has 1 aromatic heterocycles. The maximum Gasteiger partial charge on any atom is 0.242 e. The highest BCUT2D eigenvalue weighted by molar-refractivity contribution is 7.89. The van der Waals surface area contributed by atoms with Crippen molar-refractivity contribution >= 4 is 21.6 Å². The molecule has 0 atom stereocenters. The van der Waals surface area contributed by atoms with Crippen LogP contribution in [0.1, 0.15) is 32.6 Å². The average Bonchev–Trinajstić information content (AvgIpc) is 2.29. The molecule has 0 aliphatic heterocycles. The molecule has 17 heavy (non-hydrogen) atoms. The fourth-order valence-corrected chi connectivity index (χ4v) is 2.49. The maximum atomic E-state index is 11.8. The SMILES string of the molecule is CCCCCCNS(=O)(=O)c1ccc(Cl)nc1. The van der Waals surface area contributed by atoms with Gasteiger partial charge in [-0.15, -0.1) is 0 Å². The van der Waals surface area contributed by atoms with Crippen LogP contribution in [-0.4, -0.2) is 19.9 Å². The van der Waals surface area contributed by atoms with E-state index in [0.717, 1.165) is 25.7 Å².